The number of halogens is 2. The van der Waals surface area contributed by atoms with Crippen LogP contribution in [0.4, 0.5) is 21.7 Å². The summed E-state index contributed by atoms with van der Waals surface area (Å²) in [6.07, 6.45) is 1.62. The molecule has 0 spiro atoms. The Morgan fingerprint density at radius 2 is 1.62 bits per heavy atom. The molecule has 0 amide bonds. The van der Waals surface area contributed by atoms with E-state index < -0.39 is 15.6 Å². The smallest absolute Gasteiger partial charge is 0.235 e. The highest BCUT2D eigenvalue weighted by molar-refractivity contribution is 6.37. The van der Waals surface area contributed by atoms with E-state index in [0.717, 1.165) is 0 Å². The van der Waals surface area contributed by atoms with Gasteiger partial charge >= 0.3 is 0 Å². The molecule has 204 valence electrons. The SMILES string of the molecule is COc1cc2cnc(N(c3ccccc3)c3cc(O[SiH2]C(C)(C)C)c(Cl)c(-c4ccccc4)c3F)nc2cc1O. The van der Waals surface area contributed by atoms with Gasteiger partial charge in [-0.2, -0.15) is 0 Å². The molecular formula is C31H29ClFN3O3Si. The first-order chi connectivity index (χ1) is 19.2. The molecule has 1 aromatic heterocycles. The van der Waals surface area contributed by atoms with Crippen molar-refractivity contribution in [2.24, 2.45) is 0 Å². The molecule has 9 heteroatoms. The van der Waals surface area contributed by atoms with Gasteiger partial charge in [-0.3, -0.25) is 4.90 Å². The Morgan fingerprint density at radius 1 is 0.950 bits per heavy atom. The Morgan fingerprint density at radius 3 is 2.27 bits per heavy atom. The van der Waals surface area contributed by atoms with Crippen molar-refractivity contribution < 1.29 is 18.7 Å². The zero-order chi connectivity index (χ0) is 28.4. The average molecular weight is 574 g/mol. The van der Waals surface area contributed by atoms with Crippen LogP contribution in [0.2, 0.25) is 10.1 Å². The maximum absolute atomic E-state index is 16.7. The highest BCUT2D eigenvalue weighted by Gasteiger charge is 2.27. The van der Waals surface area contributed by atoms with Crippen LogP contribution in [-0.2, 0) is 0 Å². The number of phenolic OH excluding ortho intramolecular Hbond substituents is 1. The number of phenols is 1. The van der Waals surface area contributed by atoms with Gasteiger partial charge in [0.2, 0.25) is 15.7 Å². The standard InChI is InChI=1S/C31H29ClFN3O3Si/c1-31(2,3)40-39-26-17-23(29(33)27(28(26)32)19-11-7-5-8-12-19)36(21-13-9-6-10-14-21)30-34-18-20-15-25(38-4)24(37)16-22(20)35-30/h5-18,37H,40H2,1-4H3. The molecule has 0 bridgehead atoms. The Balaban J connectivity index is 1.77. The van der Waals surface area contributed by atoms with Crippen molar-refractivity contribution in [3.8, 4) is 28.4 Å². The van der Waals surface area contributed by atoms with Gasteiger partial charge in [0.15, 0.2) is 17.3 Å². The van der Waals surface area contributed by atoms with Crippen molar-refractivity contribution >= 4 is 49.6 Å². The maximum atomic E-state index is 16.7. The molecule has 5 aromatic rings. The third kappa shape index (κ3) is 5.59. The monoisotopic (exact) mass is 573 g/mol. The molecule has 0 fully saturated rings. The van der Waals surface area contributed by atoms with Gasteiger partial charge in [-0.1, -0.05) is 80.9 Å². The summed E-state index contributed by atoms with van der Waals surface area (Å²) < 4.78 is 28.2. The fourth-order valence-corrected chi connectivity index (χ4v) is 5.48. The van der Waals surface area contributed by atoms with Gasteiger partial charge in [0.1, 0.15) is 5.75 Å². The van der Waals surface area contributed by atoms with Gasteiger partial charge in [0.25, 0.3) is 0 Å². The molecule has 0 saturated heterocycles. The first kappa shape index (κ1) is 27.4. The van der Waals surface area contributed by atoms with E-state index in [1.165, 1.54) is 13.2 Å². The number of aromatic nitrogens is 2. The first-order valence-corrected chi connectivity index (χ1v) is 14.4. The van der Waals surface area contributed by atoms with Gasteiger partial charge in [0, 0.05) is 35.0 Å². The highest BCUT2D eigenvalue weighted by Crippen LogP contribution is 2.46. The molecule has 0 aliphatic carbocycles. The molecular weight excluding hydrogens is 545 g/mol. The van der Waals surface area contributed by atoms with E-state index in [1.807, 2.05) is 60.7 Å². The second kappa shape index (κ2) is 11.2. The minimum atomic E-state index is -1.08. The number of nitrogens with zero attached hydrogens (tertiary/aromatic N) is 3. The molecule has 0 saturated carbocycles. The second-order valence-corrected chi connectivity index (χ2v) is 13.6. The fourth-order valence-electron chi connectivity index (χ4n) is 4.27. The van der Waals surface area contributed by atoms with E-state index in [-0.39, 0.29) is 33.0 Å². The zero-order valence-corrected chi connectivity index (χ0v) is 24.8. The van der Waals surface area contributed by atoms with E-state index in [4.69, 9.17) is 25.7 Å². The van der Waals surface area contributed by atoms with Gasteiger partial charge in [-0.25, -0.2) is 14.4 Å². The highest BCUT2D eigenvalue weighted by atomic mass is 35.5. The topological polar surface area (TPSA) is 67.7 Å². The van der Waals surface area contributed by atoms with E-state index in [0.29, 0.717) is 33.7 Å². The minimum absolute atomic E-state index is 0.0194. The van der Waals surface area contributed by atoms with Crippen LogP contribution in [0.5, 0.6) is 17.2 Å². The minimum Gasteiger partial charge on any atom is -0.548 e. The van der Waals surface area contributed by atoms with Gasteiger partial charge in [-0.15, -0.1) is 0 Å². The van der Waals surface area contributed by atoms with E-state index in [1.54, 1.807) is 23.2 Å². The predicted molar refractivity (Wildman–Crippen MR) is 162 cm³/mol. The molecule has 0 radical (unpaired) electrons. The summed E-state index contributed by atoms with van der Waals surface area (Å²) >= 11 is 6.84. The van der Waals surface area contributed by atoms with Gasteiger partial charge in [-0.05, 0) is 28.8 Å². The second-order valence-electron chi connectivity index (χ2n) is 10.5. The summed E-state index contributed by atoms with van der Waals surface area (Å²) in [6.45, 7) is 6.33. The van der Waals surface area contributed by atoms with Crippen LogP contribution >= 0.6 is 11.6 Å². The van der Waals surface area contributed by atoms with Crippen LogP contribution in [0.25, 0.3) is 22.0 Å². The van der Waals surface area contributed by atoms with E-state index in [2.05, 4.69) is 25.8 Å². The summed E-state index contributed by atoms with van der Waals surface area (Å²) in [6, 6.07) is 23.2. The number of hydrogen-bond donors (Lipinski definition) is 1. The molecule has 1 N–H and O–H groups in total. The zero-order valence-electron chi connectivity index (χ0n) is 22.7. The van der Waals surface area contributed by atoms with Crippen molar-refractivity contribution in [2.75, 3.05) is 12.0 Å². The van der Waals surface area contributed by atoms with Crippen LogP contribution in [0.15, 0.2) is 85.1 Å². The normalized spacial score (nSPS) is 11.8. The van der Waals surface area contributed by atoms with Gasteiger partial charge < -0.3 is 14.3 Å². The number of ether oxygens (including phenoxy) is 1. The molecule has 40 heavy (non-hydrogen) atoms. The fraction of sp³-hybridized carbons (Fsp3) is 0.161. The largest absolute Gasteiger partial charge is 0.548 e. The summed E-state index contributed by atoms with van der Waals surface area (Å²) in [5.41, 5.74) is 2.15. The number of methoxy groups -OCH3 is 1. The number of hydrogen-bond acceptors (Lipinski definition) is 6. The average Bonchev–Trinajstić information content (AvgIpc) is 2.94. The number of para-hydroxylation sites is 1. The molecule has 0 atom stereocenters. The lowest BCUT2D eigenvalue weighted by molar-refractivity contribution is 0.374. The predicted octanol–water partition coefficient (Wildman–Crippen LogP) is 7.95. The van der Waals surface area contributed by atoms with Crippen LogP contribution in [-0.4, -0.2) is 31.9 Å². The van der Waals surface area contributed by atoms with E-state index in [9.17, 15) is 5.11 Å². The Kier molecular flexibility index (Phi) is 7.65. The number of fused-ring (bicyclic) bond motifs is 1. The Bertz CT molecular complexity index is 1660. The first-order valence-electron chi connectivity index (χ1n) is 12.8. The summed E-state index contributed by atoms with van der Waals surface area (Å²) in [4.78, 5) is 10.9. The number of rotatable bonds is 7. The summed E-state index contributed by atoms with van der Waals surface area (Å²) in [5, 5.41) is 11.2. The van der Waals surface area contributed by atoms with Crippen LogP contribution < -0.4 is 14.1 Å². The van der Waals surface area contributed by atoms with Crippen LogP contribution in [0, 0.1) is 5.82 Å². The lowest BCUT2D eigenvalue weighted by Crippen LogP contribution is -2.18. The molecule has 0 unspecified atom stereocenters. The lowest BCUT2D eigenvalue weighted by Gasteiger charge is -2.27. The van der Waals surface area contributed by atoms with Crippen LogP contribution in [0.1, 0.15) is 20.8 Å². The van der Waals surface area contributed by atoms with Gasteiger partial charge in [0.05, 0.1) is 23.3 Å². The maximum Gasteiger partial charge on any atom is 0.235 e. The van der Waals surface area contributed by atoms with Crippen molar-refractivity contribution in [3.63, 3.8) is 0 Å². The van der Waals surface area contributed by atoms with Crippen molar-refractivity contribution in [1.82, 2.24) is 9.97 Å². The molecule has 0 aliphatic rings. The molecule has 4 aromatic carbocycles. The van der Waals surface area contributed by atoms with E-state index >= 15 is 4.39 Å². The molecule has 6 nitrogen and oxygen atoms in total. The number of anilines is 3. The summed E-state index contributed by atoms with van der Waals surface area (Å²) in [7, 11) is 0.396. The molecule has 1 heterocycles. The van der Waals surface area contributed by atoms with Crippen molar-refractivity contribution in [1.29, 1.82) is 0 Å². The quantitative estimate of drug-likeness (QED) is 0.199. The summed E-state index contributed by atoms with van der Waals surface area (Å²) in [5.74, 6) is 0.332. The van der Waals surface area contributed by atoms with Crippen LogP contribution in [0.3, 0.4) is 0 Å². The molecule has 0 aliphatic heterocycles. The lowest BCUT2D eigenvalue weighted by atomic mass is 10.0. The Labute approximate surface area is 239 Å². The number of aromatic hydroxyl groups is 1. The van der Waals surface area contributed by atoms with Crippen molar-refractivity contribution in [3.05, 3.63) is 95.9 Å². The third-order valence-corrected chi connectivity index (χ3v) is 7.89. The Hall–Kier alpha value is -4.14. The number of benzene rings is 4. The van der Waals surface area contributed by atoms with Crippen molar-refractivity contribution in [2.45, 2.75) is 25.8 Å². The molecule has 5 rings (SSSR count). The third-order valence-electron chi connectivity index (χ3n) is 6.19.